The number of nitrogens with zero attached hydrogens (tertiary/aromatic N) is 1. The van der Waals surface area contributed by atoms with Crippen LogP contribution in [0.15, 0.2) is 4.79 Å². The van der Waals surface area contributed by atoms with Gasteiger partial charge in [-0.2, -0.15) is 0 Å². The number of nitrogens with one attached hydrogen (secondary N) is 1. The predicted molar refractivity (Wildman–Crippen MR) is 68.0 cm³/mol. The summed E-state index contributed by atoms with van der Waals surface area (Å²) in [7, 11) is 0. The first kappa shape index (κ1) is 13.1. The third-order valence-corrected chi connectivity index (χ3v) is 2.90. The number of aryl methyl sites for hydroxylation is 1. The molecule has 0 aliphatic rings. The average Bonchev–Trinajstić information content (AvgIpc) is 2.54. The van der Waals surface area contributed by atoms with Crippen molar-refractivity contribution in [3.63, 3.8) is 0 Å². The smallest absolute Gasteiger partial charge is 0.267 e. The van der Waals surface area contributed by atoms with Crippen LogP contribution in [0.3, 0.4) is 0 Å². The summed E-state index contributed by atoms with van der Waals surface area (Å²) in [6, 6.07) is 0. The topological polar surface area (TPSA) is 37.8 Å². The molecule has 0 unspecified atom stereocenters. The molecule has 1 rings (SSSR count). The van der Waals surface area contributed by atoms with Crippen LogP contribution in [-0.2, 0) is 19.4 Å². The van der Waals surface area contributed by atoms with Crippen molar-refractivity contribution in [2.24, 2.45) is 0 Å². The number of unbranched alkanes of at least 4 members (excludes halogenated alkanes) is 1. The Hall–Kier alpha value is -0.990. The number of rotatable bonds is 7. The zero-order valence-corrected chi connectivity index (χ0v) is 10.8. The Morgan fingerprint density at radius 1 is 1.06 bits per heavy atom. The molecule has 3 nitrogen and oxygen atoms in total. The van der Waals surface area contributed by atoms with Crippen LogP contribution >= 0.6 is 0 Å². The van der Waals surface area contributed by atoms with Crippen molar-refractivity contribution in [2.75, 3.05) is 0 Å². The summed E-state index contributed by atoms with van der Waals surface area (Å²) in [5, 5.41) is 2.97. The zero-order valence-electron chi connectivity index (χ0n) is 10.8. The Morgan fingerprint density at radius 3 is 2.38 bits per heavy atom. The predicted octanol–water partition coefficient (Wildman–Crippen LogP) is 2.88. The summed E-state index contributed by atoms with van der Waals surface area (Å²) in [4.78, 5) is 11.8. The summed E-state index contributed by atoms with van der Waals surface area (Å²) < 4.78 is 2.05. The van der Waals surface area contributed by atoms with Gasteiger partial charge in [-0.1, -0.05) is 33.6 Å². The minimum absolute atomic E-state index is 0.130. The van der Waals surface area contributed by atoms with Crippen LogP contribution in [0.25, 0.3) is 0 Å². The first-order chi connectivity index (χ1) is 7.74. The maximum atomic E-state index is 11.8. The van der Waals surface area contributed by atoms with Gasteiger partial charge >= 0.3 is 0 Å². The van der Waals surface area contributed by atoms with E-state index in [0.29, 0.717) is 0 Å². The standard InChI is InChI=1S/C13H24N2O/c1-4-7-9-11-12(8-5-2)15(10-6-3)14-13(11)16/h4-10H2,1-3H3,(H,14,16). The van der Waals surface area contributed by atoms with E-state index in [-0.39, 0.29) is 5.56 Å². The van der Waals surface area contributed by atoms with Crippen LogP contribution < -0.4 is 5.56 Å². The van der Waals surface area contributed by atoms with E-state index < -0.39 is 0 Å². The Balaban J connectivity index is 2.98. The Labute approximate surface area is 97.8 Å². The van der Waals surface area contributed by atoms with Crippen molar-refractivity contribution in [3.8, 4) is 0 Å². The van der Waals surface area contributed by atoms with Gasteiger partial charge in [0.05, 0.1) is 0 Å². The molecule has 1 N–H and O–H groups in total. The third-order valence-electron chi connectivity index (χ3n) is 2.90. The maximum absolute atomic E-state index is 11.8. The van der Waals surface area contributed by atoms with Crippen molar-refractivity contribution in [1.82, 2.24) is 9.78 Å². The first-order valence-corrected chi connectivity index (χ1v) is 6.55. The molecule has 0 bridgehead atoms. The van der Waals surface area contributed by atoms with Gasteiger partial charge in [0.25, 0.3) is 5.56 Å². The molecular weight excluding hydrogens is 200 g/mol. The summed E-state index contributed by atoms with van der Waals surface area (Å²) >= 11 is 0. The SMILES string of the molecule is CCCCc1c(CCC)n(CCC)[nH]c1=O. The maximum Gasteiger partial charge on any atom is 0.267 e. The van der Waals surface area contributed by atoms with E-state index in [4.69, 9.17) is 0 Å². The number of aromatic nitrogens is 2. The molecule has 16 heavy (non-hydrogen) atoms. The van der Waals surface area contributed by atoms with Crippen LogP contribution in [0, 0.1) is 0 Å². The summed E-state index contributed by atoms with van der Waals surface area (Å²) in [6.45, 7) is 7.39. The van der Waals surface area contributed by atoms with E-state index in [9.17, 15) is 4.79 Å². The highest BCUT2D eigenvalue weighted by Crippen LogP contribution is 2.11. The molecule has 1 heterocycles. The van der Waals surface area contributed by atoms with Crippen LogP contribution in [-0.4, -0.2) is 9.78 Å². The Morgan fingerprint density at radius 2 is 1.81 bits per heavy atom. The molecule has 0 spiro atoms. The van der Waals surface area contributed by atoms with E-state index in [2.05, 4.69) is 30.6 Å². The molecule has 3 heteroatoms. The van der Waals surface area contributed by atoms with E-state index in [1.165, 1.54) is 5.69 Å². The van der Waals surface area contributed by atoms with Gasteiger partial charge < -0.3 is 0 Å². The van der Waals surface area contributed by atoms with Crippen molar-refractivity contribution in [1.29, 1.82) is 0 Å². The van der Waals surface area contributed by atoms with Gasteiger partial charge in [0.2, 0.25) is 0 Å². The molecule has 0 amide bonds. The third kappa shape index (κ3) is 3.00. The van der Waals surface area contributed by atoms with Gasteiger partial charge in [-0.3, -0.25) is 14.6 Å². The molecular formula is C13H24N2O. The lowest BCUT2D eigenvalue weighted by Gasteiger charge is -2.07. The molecule has 0 saturated carbocycles. The molecule has 0 saturated heterocycles. The Kier molecular flexibility index (Phi) is 5.36. The Bertz CT molecular complexity index is 362. The van der Waals surface area contributed by atoms with Crippen LogP contribution in [0.5, 0.6) is 0 Å². The van der Waals surface area contributed by atoms with Crippen LogP contribution in [0.2, 0.25) is 0 Å². The van der Waals surface area contributed by atoms with Crippen LogP contribution in [0.4, 0.5) is 0 Å². The van der Waals surface area contributed by atoms with Crippen molar-refractivity contribution in [3.05, 3.63) is 21.6 Å². The summed E-state index contributed by atoms with van der Waals surface area (Å²) in [6.07, 6.45) is 6.35. The highest BCUT2D eigenvalue weighted by atomic mass is 16.1. The van der Waals surface area contributed by atoms with Crippen molar-refractivity contribution < 1.29 is 0 Å². The van der Waals surface area contributed by atoms with E-state index in [1.807, 2.05) is 0 Å². The normalized spacial score (nSPS) is 10.9. The number of hydrogen-bond donors (Lipinski definition) is 1. The second-order valence-electron chi connectivity index (χ2n) is 4.37. The number of H-pyrrole nitrogens is 1. The first-order valence-electron chi connectivity index (χ1n) is 6.55. The van der Waals surface area contributed by atoms with Crippen molar-refractivity contribution >= 4 is 0 Å². The van der Waals surface area contributed by atoms with Gasteiger partial charge in [0.15, 0.2) is 0 Å². The highest BCUT2D eigenvalue weighted by Gasteiger charge is 2.12. The fraction of sp³-hybridized carbons (Fsp3) is 0.769. The van der Waals surface area contributed by atoms with Crippen LogP contribution in [0.1, 0.15) is 57.7 Å². The molecule has 0 aromatic carbocycles. The second kappa shape index (κ2) is 6.56. The molecule has 0 fully saturated rings. The fourth-order valence-electron chi connectivity index (χ4n) is 2.10. The second-order valence-corrected chi connectivity index (χ2v) is 4.37. The molecule has 0 aliphatic heterocycles. The van der Waals surface area contributed by atoms with Crippen molar-refractivity contribution in [2.45, 2.75) is 65.8 Å². The van der Waals surface area contributed by atoms with Gasteiger partial charge in [-0.15, -0.1) is 0 Å². The lowest BCUT2D eigenvalue weighted by Crippen LogP contribution is -2.07. The lowest BCUT2D eigenvalue weighted by molar-refractivity contribution is 0.565. The number of hydrogen-bond acceptors (Lipinski definition) is 1. The fourth-order valence-corrected chi connectivity index (χ4v) is 2.10. The minimum atomic E-state index is 0.130. The van der Waals surface area contributed by atoms with Gasteiger partial charge in [0.1, 0.15) is 0 Å². The van der Waals surface area contributed by atoms with Gasteiger partial charge in [0, 0.05) is 17.8 Å². The highest BCUT2D eigenvalue weighted by molar-refractivity contribution is 5.18. The molecule has 0 atom stereocenters. The zero-order chi connectivity index (χ0) is 12.0. The molecule has 0 aliphatic carbocycles. The van der Waals surface area contributed by atoms with E-state index in [1.54, 1.807) is 0 Å². The molecule has 1 aromatic rings. The molecule has 1 aromatic heterocycles. The van der Waals surface area contributed by atoms with Gasteiger partial charge in [-0.25, -0.2) is 0 Å². The number of aromatic amines is 1. The summed E-state index contributed by atoms with van der Waals surface area (Å²) in [5.41, 5.74) is 2.39. The van der Waals surface area contributed by atoms with E-state index >= 15 is 0 Å². The van der Waals surface area contributed by atoms with Gasteiger partial charge in [-0.05, 0) is 25.7 Å². The van der Waals surface area contributed by atoms with E-state index in [0.717, 1.165) is 50.6 Å². The largest absolute Gasteiger partial charge is 0.289 e. The summed E-state index contributed by atoms with van der Waals surface area (Å²) in [5.74, 6) is 0. The average molecular weight is 224 g/mol. The minimum Gasteiger partial charge on any atom is -0.289 e. The lowest BCUT2D eigenvalue weighted by atomic mass is 10.1. The monoisotopic (exact) mass is 224 g/mol. The molecule has 92 valence electrons. The quantitative estimate of drug-likeness (QED) is 0.759. The molecule has 0 radical (unpaired) electrons.